The van der Waals surface area contributed by atoms with Gasteiger partial charge in [0.15, 0.2) is 0 Å². The van der Waals surface area contributed by atoms with E-state index in [9.17, 15) is 5.11 Å². The first kappa shape index (κ1) is 13.2. The van der Waals surface area contributed by atoms with E-state index >= 15 is 0 Å². The van der Waals surface area contributed by atoms with Gasteiger partial charge >= 0.3 is 0 Å². The SMILES string of the molecule is CCC(O)CNC(C)C(C)c1ccccc1. The van der Waals surface area contributed by atoms with E-state index in [4.69, 9.17) is 0 Å². The van der Waals surface area contributed by atoms with Gasteiger partial charge in [0.1, 0.15) is 0 Å². The van der Waals surface area contributed by atoms with Crippen LogP contribution in [-0.4, -0.2) is 23.8 Å². The summed E-state index contributed by atoms with van der Waals surface area (Å²) < 4.78 is 0. The van der Waals surface area contributed by atoms with E-state index in [1.165, 1.54) is 5.56 Å². The van der Waals surface area contributed by atoms with Gasteiger partial charge in [0.2, 0.25) is 0 Å². The Balaban J connectivity index is 2.45. The second kappa shape index (κ2) is 6.66. The van der Waals surface area contributed by atoms with Gasteiger partial charge < -0.3 is 10.4 Å². The molecule has 0 aliphatic rings. The van der Waals surface area contributed by atoms with Crippen LogP contribution < -0.4 is 5.32 Å². The van der Waals surface area contributed by atoms with Crippen molar-refractivity contribution in [3.05, 3.63) is 35.9 Å². The molecule has 90 valence electrons. The van der Waals surface area contributed by atoms with Crippen molar-refractivity contribution < 1.29 is 5.11 Å². The third kappa shape index (κ3) is 3.95. The lowest BCUT2D eigenvalue weighted by Crippen LogP contribution is -2.36. The number of nitrogens with one attached hydrogen (secondary N) is 1. The van der Waals surface area contributed by atoms with Gasteiger partial charge in [-0.2, -0.15) is 0 Å². The highest BCUT2D eigenvalue weighted by molar-refractivity contribution is 5.20. The minimum absolute atomic E-state index is 0.231. The van der Waals surface area contributed by atoms with Crippen LogP contribution in [0.3, 0.4) is 0 Å². The van der Waals surface area contributed by atoms with Crippen molar-refractivity contribution in [3.63, 3.8) is 0 Å². The Labute approximate surface area is 98.7 Å². The summed E-state index contributed by atoms with van der Waals surface area (Å²) in [4.78, 5) is 0. The Hall–Kier alpha value is -0.860. The largest absolute Gasteiger partial charge is 0.392 e. The van der Waals surface area contributed by atoms with Gasteiger partial charge in [-0.3, -0.25) is 0 Å². The van der Waals surface area contributed by atoms with E-state index in [-0.39, 0.29) is 6.10 Å². The summed E-state index contributed by atoms with van der Waals surface area (Å²) in [6, 6.07) is 10.9. The first-order valence-electron chi connectivity index (χ1n) is 6.11. The Kier molecular flexibility index (Phi) is 5.50. The van der Waals surface area contributed by atoms with E-state index < -0.39 is 0 Å². The summed E-state index contributed by atoms with van der Waals surface area (Å²) in [7, 11) is 0. The zero-order valence-electron chi connectivity index (χ0n) is 10.5. The molecular formula is C14H23NO. The fraction of sp³-hybridized carbons (Fsp3) is 0.571. The summed E-state index contributed by atoms with van der Waals surface area (Å²) in [6.07, 6.45) is 0.574. The van der Waals surface area contributed by atoms with Crippen LogP contribution >= 0.6 is 0 Å². The second-order valence-corrected chi connectivity index (χ2v) is 4.46. The lowest BCUT2D eigenvalue weighted by atomic mass is 9.94. The highest BCUT2D eigenvalue weighted by Gasteiger charge is 2.14. The quantitative estimate of drug-likeness (QED) is 0.773. The van der Waals surface area contributed by atoms with Gasteiger partial charge in [-0.25, -0.2) is 0 Å². The molecule has 1 aromatic rings. The van der Waals surface area contributed by atoms with E-state index in [1.54, 1.807) is 0 Å². The normalized spacial score (nSPS) is 16.8. The van der Waals surface area contributed by atoms with Crippen molar-refractivity contribution in [1.82, 2.24) is 5.32 Å². The lowest BCUT2D eigenvalue weighted by molar-refractivity contribution is 0.162. The first-order valence-corrected chi connectivity index (χ1v) is 6.11. The molecule has 0 aromatic heterocycles. The van der Waals surface area contributed by atoms with Gasteiger partial charge in [0.05, 0.1) is 6.10 Å². The summed E-state index contributed by atoms with van der Waals surface area (Å²) >= 11 is 0. The molecule has 0 spiro atoms. The molecule has 2 nitrogen and oxygen atoms in total. The molecule has 2 heteroatoms. The molecule has 0 amide bonds. The lowest BCUT2D eigenvalue weighted by Gasteiger charge is -2.23. The maximum atomic E-state index is 9.50. The summed E-state index contributed by atoms with van der Waals surface area (Å²) in [5, 5.41) is 12.9. The molecule has 0 saturated carbocycles. The summed E-state index contributed by atoms with van der Waals surface area (Å²) in [5.41, 5.74) is 1.34. The minimum atomic E-state index is -0.231. The zero-order valence-corrected chi connectivity index (χ0v) is 10.5. The molecule has 0 bridgehead atoms. The third-order valence-corrected chi connectivity index (χ3v) is 3.22. The molecule has 2 N–H and O–H groups in total. The van der Waals surface area contributed by atoms with Gasteiger partial charge in [-0.05, 0) is 24.8 Å². The van der Waals surface area contributed by atoms with Crippen molar-refractivity contribution in [2.24, 2.45) is 0 Å². The summed E-state index contributed by atoms with van der Waals surface area (Å²) in [6.45, 7) is 7.05. The molecule has 0 saturated heterocycles. The van der Waals surface area contributed by atoms with Crippen LogP contribution in [0.1, 0.15) is 38.7 Å². The van der Waals surface area contributed by atoms with Crippen LogP contribution in [0, 0.1) is 0 Å². The minimum Gasteiger partial charge on any atom is -0.392 e. The molecule has 0 heterocycles. The van der Waals surface area contributed by atoms with Crippen molar-refractivity contribution in [2.75, 3.05) is 6.54 Å². The number of hydrogen-bond acceptors (Lipinski definition) is 2. The molecule has 0 fully saturated rings. The van der Waals surface area contributed by atoms with Crippen LogP contribution in [-0.2, 0) is 0 Å². The third-order valence-electron chi connectivity index (χ3n) is 3.22. The average molecular weight is 221 g/mol. The van der Waals surface area contributed by atoms with E-state index in [0.29, 0.717) is 18.5 Å². The van der Waals surface area contributed by atoms with Crippen LogP contribution in [0.5, 0.6) is 0 Å². The van der Waals surface area contributed by atoms with E-state index in [1.807, 2.05) is 13.0 Å². The fourth-order valence-electron chi connectivity index (χ4n) is 1.69. The molecule has 0 aliphatic heterocycles. The smallest absolute Gasteiger partial charge is 0.0662 e. The van der Waals surface area contributed by atoms with E-state index in [0.717, 1.165) is 6.42 Å². The van der Waals surface area contributed by atoms with Crippen molar-refractivity contribution in [2.45, 2.75) is 45.3 Å². The Morgan fingerprint density at radius 2 is 1.81 bits per heavy atom. The van der Waals surface area contributed by atoms with Crippen molar-refractivity contribution >= 4 is 0 Å². The number of hydrogen-bond donors (Lipinski definition) is 2. The Morgan fingerprint density at radius 1 is 1.19 bits per heavy atom. The maximum absolute atomic E-state index is 9.50. The molecule has 1 rings (SSSR count). The van der Waals surface area contributed by atoms with E-state index in [2.05, 4.69) is 43.4 Å². The Bertz CT molecular complexity index is 286. The topological polar surface area (TPSA) is 32.3 Å². The molecule has 16 heavy (non-hydrogen) atoms. The number of rotatable bonds is 6. The molecule has 0 aliphatic carbocycles. The predicted molar refractivity (Wildman–Crippen MR) is 68.6 cm³/mol. The molecule has 3 atom stereocenters. The standard InChI is InChI=1S/C14H23NO/c1-4-14(16)10-15-12(3)11(2)13-8-6-5-7-9-13/h5-9,11-12,14-16H,4,10H2,1-3H3. The number of aliphatic hydroxyl groups excluding tert-OH is 1. The van der Waals surface area contributed by atoms with Crippen molar-refractivity contribution in [3.8, 4) is 0 Å². The predicted octanol–water partition coefficient (Wildman–Crippen LogP) is 2.54. The fourth-order valence-corrected chi connectivity index (χ4v) is 1.69. The highest BCUT2D eigenvalue weighted by Crippen LogP contribution is 2.18. The van der Waals surface area contributed by atoms with Crippen LogP contribution in [0.4, 0.5) is 0 Å². The van der Waals surface area contributed by atoms with Crippen LogP contribution in [0.15, 0.2) is 30.3 Å². The first-order chi connectivity index (χ1) is 7.65. The van der Waals surface area contributed by atoms with Gasteiger partial charge in [-0.15, -0.1) is 0 Å². The molecule has 3 unspecified atom stereocenters. The second-order valence-electron chi connectivity index (χ2n) is 4.46. The number of aliphatic hydroxyl groups is 1. The van der Waals surface area contributed by atoms with Crippen LogP contribution in [0.25, 0.3) is 0 Å². The zero-order chi connectivity index (χ0) is 12.0. The summed E-state index contributed by atoms with van der Waals surface area (Å²) in [5.74, 6) is 0.463. The van der Waals surface area contributed by atoms with Crippen molar-refractivity contribution in [1.29, 1.82) is 0 Å². The van der Waals surface area contributed by atoms with Crippen LogP contribution in [0.2, 0.25) is 0 Å². The average Bonchev–Trinajstić information content (AvgIpc) is 2.35. The van der Waals surface area contributed by atoms with Gasteiger partial charge in [-0.1, -0.05) is 44.2 Å². The monoisotopic (exact) mass is 221 g/mol. The number of benzene rings is 1. The van der Waals surface area contributed by atoms with Gasteiger partial charge in [0, 0.05) is 12.6 Å². The Morgan fingerprint density at radius 3 is 2.38 bits per heavy atom. The molecule has 0 radical (unpaired) electrons. The van der Waals surface area contributed by atoms with Gasteiger partial charge in [0.25, 0.3) is 0 Å². The molecule has 1 aromatic carbocycles. The maximum Gasteiger partial charge on any atom is 0.0662 e. The molecular weight excluding hydrogens is 198 g/mol. The highest BCUT2D eigenvalue weighted by atomic mass is 16.3.